The van der Waals surface area contributed by atoms with E-state index < -0.39 is 0 Å². The number of nitrogens with zero attached hydrogens (tertiary/aromatic N) is 2. The van der Waals surface area contributed by atoms with Crippen molar-refractivity contribution in [3.8, 4) is 17.2 Å². The average molecular weight is 457 g/mol. The van der Waals surface area contributed by atoms with Crippen molar-refractivity contribution in [2.75, 3.05) is 13.7 Å². The van der Waals surface area contributed by atoms with Gasteiger partial charge >= 0.3 is 0 Å². The molecule has 0 radical (unpaired) electrons. The Kier molecular flexibility index (Phi) is 6.85. The van der Waals surface area contributed by atoms with Gasteiger partial charge in [-0.15, -0.1) is 0 Å². The molecule has 31 heavy (non-hydrogen) atoms. The minimum absolute atomic E-state index is 0.298. The Morgan fingerprint density at radius 1 is 0.903 bits per heavy atom. The summed E-state index contributed by atoms with van der Waals surface area (Å²) in [6.45, 7) is 1.62. The summed E-state index contributed by atoms with van der Waals surface area (Å²) in [5, 5.41) is 1.04. The molecule has 0 unspecified atom stereocenters. The van der Waals surface area contributed by atoms with Crippen molar-refractivity contribution in [1.29, 1.82) is 0 Å². The molecule has 160 valence electrons. The number of hydrogen-bond acceptors (Lipinski definition) is 4. The van der Waals surface area contributed by atoms with E-state index in [0.717, 1.165) is 41.3 Å². The van der Waals surface area contributed by atoms with E-state index >= 15 is 0 Å². The van der Waals surface area contributed by atoms with Crippen LogP contribution >= 0.6 is 23.2 Å². The summed E-state index contributed by atoms with van der Waals surface area (Å²) in [5.74, 6) is 2.97. The lowest BCUT2D eigenvalue weighted by atomic mass is 10.3. The Hall–Kier alpha value is -2.89. The lowest BCUT2D eigenvalue weighted by molar-refractivity contribution is 0.280. The van der Waals surface area contributed by atoms with Crippen molar-refractivity contribution in [1.82, 2.24) is 9.55 Å². The minimum atomic E-state index is 0.298. The van der Waals surface area contributed by atoms with Crippen LogP contribution in [-0.4, -0.2) is 23.3 Å². The van der Waals surface area contributed by atoms with Gasteiger partial charge < -0.3 is 18.8 Å². The molecule has 0 amide bonds. The van der Waals surface area contributed by atoms with Crippen LogP contribution in [0, 0.1) is 0 Å². The van der Waals surface area contributed by atoms with E-state index in [0.29, 0.717) is 29.0 Å². The molecule has 0 saturated heterocycles. The van der Waals surface area contributed by atoms with Crippen LogP contribution in [0.15, 0.2) is 66.7 Å². The van der Waals surface area contributed by atoms with Crippen LogP contribution in [0.1, 0.15) is 12.2 Å². The molecule has 0 fully saturated rings. The third-order valence-corrected chi connectivity index (χ3v) is 5.35. The lowest BCUT2D eigenvalue weighted by Crippen LogP contribution is -2.10. The van der Waals surface area contributed by atoms with Gasteiger partial charge in [-0.25, -0.2) is 4.98 Å². The van der Waals surface area contributed by atoms with Gasteiger partial charge in [-0.05, 0) is 48.9 Å². The Labute approximate surface area is 191 Å². The SMILES string of the molecule is COc1cccc(OCCCn2c(COc3ccc(Cl)cc3Cl)nc3ccccc32)c1. The second kappa shape index (κ2) is 9.94. The number of fused-ring (bicyclic) bond motifs is 1. The molecule has 0 aliphatic heterocycles. The first-order valence-corrected chi connectivity index (χ1v) is 10.7. The van der Waals surface area contributed by atoms with Gasteiger partial charge in [-0.3, -0.25) is 0 Å². The number of aryl methyl sites for hydroxylation is 1. The third-order valence-electron chi connectivity index (χ3n) is 4.82. The number of methoxy groups -OCH3 is 1. The van der Waals surface area contributed by atoms with Crippen LogP contribution in [0.4, 0.5) is 0 Å². The van der Waals surface area contributed by atoms with Gasteiger partial charge in [-0.2, -0.15) is 0 Å². The van der Waals surface area contributed by atoms with Gasteiger partial charge in [0, 0.05) is 17.6 Å². The molecule has 0 spiro atoms. The largest absolute Gasteiger partial charge is 0.497 e. The molecule has 7 heteroatoms. The highest BCUT2D eigenvalue weighted by Gasteiger charge is 2.12. The van der Waals surface area contributed by atoms with Crippen LogP contribution in [0.2, 0.25) is 10.0 Å². The Bertz CT molecular complexity index is 1180. The van der Waals surface area contributed by atoms with Crippen molar-refractivity contribution in [3.63, 3.8) is 0 Å². The van der Waals surface area contributed by atoms with Crippen LogP contribution in [0.3, 0.4) is 0 Å². The first kappa shape index (κ1) is 21.3. The number of rotatable bonds is 9. The zero-order valence-electron chi connectivity index (χ0n) is 17.1. The standard InChI is InChI=1S/C24H22Cl2N2O3/c1-29-18-6-4-7-19(15-18)30-13-5-12-28-22-9-3-2-8-21(22)27-24(28)16-31-23-11-10-17(25)14-20(23)26/h2-4,6-11,14-15H,5,12-13,16H2,1H3. The van der Waals surface area contributed by atoms with Crippen molar-refractivity contribution in [2.45, 2.75) is 19.6 Å². The molecule has 4 aromatic rings. The molecule has 0 N–H and O–H groups in total. The quantitative estimate of drug-likeness (QED) is 0.273. The third kappa shape index (κ3) is 5.24. The predicted molar refractivity (Wildman–Crippen MR) is 124 cm³/mol. The highest BCUT2D eigenvalue weighted by Crippen LogP contribution is 2.28. The van der Waals surface area contributed by atoms with Gasteiger partial charge in [0.15, 0.2) is 0 Å². The molecule has 3 aromatic carbocycles. The van der Waals surface area contributed by atoms with Gasteiger partial charge in [0.25, 0.3) is 0 Å². The number of hydrogen-bond donors (Lipinski definition) is 0. The van der Waals surface area contributed by atoms with Crippen molar-refractivity contribution in [3.05, 3.63) is 82.6 Å². The first-order valence-electron chi connectivity index (χ1n) is 9.93. The second-order valence-electron chi connectivity index (χ2n) is 6.91. The molecular weight excluding hydrogens is 435 g/mol. The zero-order chi connectivity index (χ0) is 21.6. The topological polar surface area (TPSA) is 45.5 Å². The summed E-state index contributed by atoms with van der Waals surface area (Å²) in [6, 6.07) is 20.8. The number of ether oxygens (including phenoxy) is 3. The van der Waals surface area contributed by atoms with Crippen LogP contribution in [-0.2, 0) is 13.2 Å². The maximum absolute atomic E-state index is 6.23. The summed E-state index contributed by atoms with van der Waals surface area (Å²) < 4.78 is 19.2. The van der Waals surface area contributed by atoms with E-state index in [2.05, 4.69) is 10.6 Å². The van der Waals surface area contributed by atoms with E-state index in [1.807, 2.05) is 42.5 Å². The number of imidazole rings is 1. The van der Waals surface area contributed by atoms with Crippen molar-refractivity contribution < 1.29 is 14.2 Å². The van der Waals surface area contributed by atoms with E-state index in [1.54, 1.807) is 25.3 Å². The lowest BCUT2D eigenvalue weighted by Gasteiger charge is -2.12. The molecular formula is C24H22Cl2N2O3. The summed E-state index contributed by atoms with van der Waals surface area (Å²) in [7, 11) is 1.64. The van der Waals surface area contributed by atoms with Crippen LogP contribution in [0.5, 0.6) is 17.2 Å². The maximum Gasteiger partial charge on any atom is 0.148 e. The van der Waals surface area contributed by atoms with Gasteiger partial charge in [0.1, 0.15) is 29.7 Å². The first-order chi connectivity index (χ1) is 15.1. The number of halogens is 2. The molecule has 4 rings (SSSR count). The normalized spacial score (nSPS) is 10.9. The smallest absolute Gasteiger partial charge is 0.148 e. The summed E-state index contributed by atoms with van der Waals surface area (Å²) >= 11 is 12.2. The second-order valence-corrected chi connectivity index (χ2v) is 7.76. The highest BCUT2D eigenvalue weighted by molar-refractivity contribution is 6.35. The predicted octanol–water partition coefficient (Wildman–Crippen LogP) is 6.40. The maximum atomic E-state index is 6.23. The molecule has 1 aromatic heterocycles. The number of para-hydroxylation sites is 2. The monoisotopic (exact) mass is 456 g/mol. The fourth-order valence-corrected chi connectivity index (χ4v) is 3.79. The molecule has 5 nitrogen and oxygen atoms in total. The van der Waals surface area contributed by atoms with Gasteiger partial charge in [0.2, 0.25) is 0 Å². The summed E-state index contributed by atoms with van der Waals surface area (Å²) in [4.78, 5) is 4.75. The fraction of sp³-hybridized carbons (Fsp3) is 0.208. The van der Waals surface area contributed by atoms with Crippen molar-refractivity contribution in [2.24, 2.45) is 0 Å². The van der Waals surface area contributed by atoms with E-state index in [-0.39, 0.29) is 0 Å². The number of aromatic nitrogens is 2. The molecule has 0 aliphatic rings. The van der Waals surface area contributed by atoms with Gasteiger partial charge in [-0.1, -0.05) is 41.4 Å². The molecule has 1 heterocycles. The number of benzene rings is 3. The fourth-order valence-electron chi connectivity index (χ4n) is 3.32. The molecule has 0 bridgehead atoms. The Morgan fingerprint density at radius 3 is 2.58 bits per heavy atom. The average Bonchev–Trinajstić information content (AvgIpc) is 3.14. The molecule has 0 aliphatic carbocycles. The highest BCUT2D eigenvalue weighted by atomic mass is 35.5. The summed E-state index contributed by atoms with van der Waals surface area (Å²) in [6.07, 6.45) is 0.812. The van der Waals surface area contributed by atoms with Crippen LogP contribution < -0.4 is 14.2 Å². The molecule has 0 saturated carbocycles. The van der Waals surface area contributed by atoms with Crippen LogP contribution in [0.25, 0.3) is 11.0 Å². The van der Waals surface area contributed by atoms with Gasteiger partial charge in [0.05, 0.1) is 29.8 Å². The zero-order valence-corrected chi connectivity index (χ0v) is 18.6. The summed E-state index contributed by atoms with van der Waals surface area (Å²) in [5.41, 5.74) is 1.99. The van der Waals surface area contributed by atoms with E-state index in [1.165, 1.54) is 0 Å². The van der Waals surface area contributed by atoms with Crippen molar-refractivity contribution >= 4 is 34.2 Å². The Morgan fingerprint density at radius 2 is 1.74 bits per heavy atom. The van der Waals surface area contributed by atoms with E-state index in [4.69, 9.17) is 42.4 Å². The minimum Gasteiger partial charge on any atom is -0.497 e. The molecule has 0 atom stereocenters. The Balaban J connectivity index is 1.44. The van der Waals surface area contributed by atoms with E-state index in [9.17, 15) is 0 Å².